The molecule has 0 aromatic carbocycles. The molecule has 3 nitrogen and oxygen atoms in total. The highest BCUT2D eigenvalue weighted by Crippen LogP contribution is 2.29. The summed E-state index contributed by atoms with van der Waals surface area (Å²) in [6, 6.07) is 4.18. The lowest BCUT2D eigenvalue weighted by molar-refractivity contribution is 0.561. The SMILES string of the molecule is Cc1cc(-c2cc(Br)cs2)nc(CC2CCNC2)n1. The van der Waals surface area contributed by atoms with E-state index >= 15 is 0 Å². The van der Waals surface area contributed by atoms with Gasteiger partial charge in [0, 0.05) is 22.0 Å². The van der Waals surface area contributed by atoms with Gasteiger partial charge in [-0.15, -0.1) is 11.3 Å². The molecule has 2 aromatic rings. The Hall–Kier alpha value is -0.780. The number of aromatic nitrogens is 2. The number of thiophene rings is 1. The third-order valence-corrected chi connectivity index (χ3v) is 5.07. The van der Waals surface area contributed by atoms with Crippen LogP contribution in [0.3, 0.4) is 0 Å². The molecule has 2 aromatic heterocycles. The second-order valence-electron chi connectivity index (χ2n) is 5.00. The molecule has 1 aliphatic heterocycles. The van der Waals surface area contributed by atoms with E-state index in [1.165, 1.54) is 11.3 Å². The van der Waals surface area contributed by atoms with Gasteiger partial charge in [0.15, 0.2) is 0 Å². The van der Waals surface area contributed by atoms with Crippen LogP contribution in [-0.2, 0) is 6.42 Å². The van der Waals surface area contributed by atoms with Gasteiger partial charge in [-0.2, -0.15) is 0 Å². The Labute approximate surface area is 125 Å². The lowest BCUT2D eigenvalue weighted by atomic mass is 10.0. The maximum Gasteiger partial charge on any atom is 0.129 e. The van der Waals surface area contributed by atoms with Crippen LogP contribution in [0, 0.1) is 12.8 Å². The summed E-state index contributed by atoms with van der Waals surface area (Å²) in [4.78, 5) is 10.5. The van der Waals surface area contributed by atoms with Crippen molar-refractivity contribution < 1.29 is 0 Å². The second-order valence-corrected chi connectivity index (χ2v) is 6.83. The molecule has 1 aliphatic rings. The minimum Gasteiger partial charge on any atom is -0.316 e. The van der Waals surface area contributed by atoms with Gasteiger partial charge in [-0.05, 0) is 60.4 Å². The van der Waals surface area contributed by atoms with Crippen LogP contribution < -0.4 is 5.32 Å². The average molecular weight is 338 g/mol. The molecule has 100 valence electrons. The van der Waals surface area contributed by atoms with Crippen molar-refractivity contribution in [3.63, 3.8) is 0 Å². The summed E-state index contributed by atoms with van der Waals surface area (Å²) in [7, 11) is 0. The van der Waals surface area contributed by atoms with Crippen LogP contribution in [0.4, 0.5) is 0 Å². The highest BCUT2D eigenvalue weighted by molar-refractivity contribution is 9.10. The fraction of sp³-hybridized carbons (Fsp3) is 0.429. The van der Waals surface area contributed by atoms with Crippen molar-refractivity contribution in [2.75, 3.05) is 13.1 Å². The van der Waals surface area contributed by atoms with Crippen molar-refractivity contribution >= 4 is 27.3 Å². The molecule has 1 N–H and O–H groups in total. The molecule has 1 atom stereocenters. The molecule has 0 aliphatic carbocycles. The molecular formula is C14H16BrN3S. The molecular weight excluding hydrogens is 322 g/mol. The molecule has 0 spiro atoms. The molecule has 0 saturated carbocycles. The van der Waals surface area contributed by atoms with Gasteiger partial charge in [0.05, 0.1) is 10.6 Å². The Bertz CT molecular complexity index is 576. The second kappa shape index (κ2) is 5.69. The summed E-state index contributed by atoms with van der Waals surface area (Å²) < 4.78 is 1.12. The lowest BCUT2D eigenvalue weighted by Gasteiger charge is -2.09. The number of nitrogens with zero attached hydrogens (tertiary/aromatic N) is 2. The Balaban J connectivity index is 1.87. The topological polar surface area (TPSA) is 37.8 Å². The molecule has 0 amide bonds. The molecule has 3 rings (SSSR count). The van der Waals surface area contributed by atoms with Crippen molar-refractivity contribution in [2.45, 2.75) is 19.8 Å². The van der Waals surface area contributed by atoms with Gasteiger partial charge in [-0.25, -0.2) is 9.97 Å². The zero-order chi connectivity index (χ0) is 13.2. The summed E-state index contributed by atoms with van der Waals surface area (Å²) in [6.07, 6.45) is 2.21. The molecule has 19 heavy (non-hydrogen) atoms. The number of rotatable bonds is 3. The highest BCUT2D eigenvalue weighted by atomic mass is 79.9. The van der Waals surface area contributed by atoms with Crippen LogP contribution in [0.1, 0.15) is 17.9 Å². The van der Waals surface area contributed by atoms with Gasteiger partial charge >= 0.3 is 0 Å². The van der Waals surface area contributed by atoms with E-state index in [1.807, 2.05) is 6.92 Å². The quantitative estimate of drug-likeness (QED) is 0.932. The van der Waals surface area contributed by atoms with E-state index in [2.05, 4.69) is 43.7 Å². The lowest BCUT2D eigenvalue weighted by Crippen LogP contribution is -2.12. The van der Waals surface area contributed by atoms with E-state index in [4.69, 9.17) is 4.98 Å². The number of hydrogen-bond acceptors (Lipinski definition) is 4. The molecule has 3 heterocycles. The van der Waals surface area contributed by atoms with Crippen LogP contribution in [0.25, 0.3) is 10.6 Å². The van der Waals surface area contributed by atoms with Gasteiger partial charge < -0.3 is 5.32 Å². The van der Waals surface area contributed by atoms with Crippen LogP contribution in [0.2, 0.25) is 0 Å². The van der Waals surface area contributed by atoms with Gasteiger partial charge in [0.2, 0.25) is 0 Å². The fourth-order valence-corrected chi connectivity index (χ4v) is 3.83. The minimum atomic E-state index is 0.685. The number of hydrogen-bond donors (Lipinski definition) is 1. The Morgan fingerprint density at radius 3 is 3.00 bits per heavy atom. The largest absolute Gasteiger partial charge is 0.316 e. The maximum atomic E-state index is 4.73. The zero-order valence-corrected chi connectivity index (χ0v) is 13.2. The first-order valence-corrected chi connectivity index (χ1v) is 8.17. The molecule has 1 saturated heterocycles. The van der Waals surface area contributed by atoms with Gasteiger partial charge in [-0.3, -0.25) is 0 Å². The van der Waals surface area contributed by atoms with Crippen LogP contribution in [0.15, 0.2) is 22.0 Å². The van der Waals surface area contributed by atoms with E-state index in [1.54, 1.807) is 11.3 Å². The first-order chi connectivity index (χ1) is 9.20. The first-order valence-electron chi connectivity index (χ1n) is 6.50. The molecule has 0 radical (unpaired) electrons. The van der Waals surface area contributed by atoms with Crippen molar-refractivity contribution in [1.82, 2.24) is 15.3 Å². The van der Waals surface area contributed by atoms with Gasteiger partial charge in [0.25, 0.3) is 0 Å². The zero-order valence-electron chi connectivity index (χ0n) is 10.8. The summed E-state index contributed by atoms with van der Waals surface area (Å²) in [6.45, 7) is 4.27. The van der Waals surface area contributed by atoms with Gasteiger partial charge in [-0.1, -0.05) is 0 Å². The minimum absolute atomic E-state index is 0.685. The smallest absolute Gasteiger partial charge is 0.129 e. The van der Waals surface area contributed by atoms with E-state index in [0.717, 1.165) is 41.2 Å². The van der Waals surface area contributed by atoms with Crippen molar-refractivity contribution in [3.8, 4) is 10.6 Å². The van der Waals surface area contributed by atoms with Crippen LogP contribution in [0.5, 0.6) is 0 Å². The Morgan fingerprint density at radius 1 is 1.42 bits per heavy atom. The van der Waals surface area contributed by atoms with Crippen LogP contribution in [-0.4, -0.2) is 23.1 Å². The summed E-state index contributed by atoms with van der Waals surface area (Å²) in [5.74, 6) is 1.66. The van der Waals surface area contributed by atoms with Crippen molar-refractivity contribution in [1.29, 1.82) is 0 Å². The fourth-order valence-electron chi connectivity index (χ4n) is 2.44. The van der Waals surface area contributed by atoms with Gasteiger partial charge in [0.1, 0.15) is 5.82 Å². The van der Waals surface area contributed by atoms with Crippen molar-refractivity contribution in [3.05, 3.63) is 33.5 Å². The molecule has 5 heteroatoms. The molecule has 0 bridgehead atoms. The van der Waals surface area contributed by atoms with Crippen molar-refractivity contribution in [2.24, 2.45) is 5.92 Å². The Morgan fingerprint density at radius 2 is 2.32 bits per heavy atom. The van der Waals surface area contributed by atoms with E-state index in [-0.39, 0.29) is 0 Å². The number of aryl methyl sites for hydroxylation is 1. The monoisotopic (exact) mass is 337 g/mol. The number of nitrogens with one attached hydrogen (secondary N) is 1. The van der Waals surface area contributed by atoms with E-state index in [9.17, 15) is 0 Å². The molecule has 1 unspecified atom stereocenters. The van der Waals surface area contributed by atoms with Crippen LogP contribution >= 0.6 is 27.3 Å². The third-order valence-electron chi connectivity index (χ3n) is 3.35. The molecule has 1 fully saturated rings. The average Bonchev–Trinajstić information content (AvgIpc) is 3.00. The standard InChI is InChI=1S/C14H16BrN3S/c1-9-4-12(13-6-11(15)8-19-13)18-14(17-9)5-10-2-3-16-7-10/h4,6,8,10,16H,2-3,5,7H2,1H3. The van der Waals surface area contributed by atoms with E-state index < -0.39 is 0 Å². The normalized spacial score (nSPS) is 18.9. The third kappa shape index (κ3) is 3.22. The highest BCUT2D eigenvalue weighted by Gasteiger charge is 2.17. The maximum absolute atomic E-state index is 4.73. The number of halogens is 1. The first kappa shape index (κ1) is 13.2. The summed E-state index contributed by atoms with van der Waals surface area (Å²) >= 11 is 5.21. The predicted molar refractivity (Wildman–Crippen MR) is 82.5 cm³/mol. The Kier molecular flexibility index (Phi) is 3.96. The predicted octanol–water partition coefficient (Wildman–Crippen LogP) is 3.43. The van der Waals surface area contributed by atoms with E-state index in [0.29, 0.717) is 5.92 Å². The summed E-state index contributed by atoms with van der Waals surface area (Å²) in [5.41, 5.74) is 2.10. The summed E-state index contributed by atoms with van der Waals surface area (Å²) in [5, 5.41) is 5.49.